The van der Waals surface area contributed by atoms with Crippen LogP contribution in [0, 0.1) is 5.92 Å². The third-order valence-electron chi connectivity index (χ3n) is 5.35. The maximum absolute atomic E-state index is 13.0. The van der Waals surface area contributed by atoms with E-state index >= 15 is 0 Å². The van der Waals surface area contributed by atoms with Gasteiger partial charge >= 0.3 is 0 Å². The number of ether oxygens (including phenoxy) is 1. The van der Waals surface area contributed by atoms with Crippen LogP contribution in [0.1, 0.15) is 32.6 Å². The van der Waals surface area contributed by atoms with Gasteiger partial charge in [0.25, 0.3) is 10.2 Å². The van der Waals surface area contributed by atoms with E-state index in [2.05, 4.69) is 0 Å². The van der Waals surface area contributed by atoms with E-state index in [1.54, 1.807) is 11.9 Å². The van der Waals surface area contributed by atoms with Crippen LogP contribution in [-0.2, 0) is 19.7 Å². The number of amides is 1. The zero-order valence-electron chi connectivity index (χ0n) is 14.0. The van der Waals surface area contributed by atoms with E-state index in [0.717, 1.165) is 19.3 Å². The predicted molar refractivity (Wildman–Crippen MR) is 86.0 cm³/mol. The fraction of sp³-hybridized carbons (Fsp3) is 0.933. The molecule has 132 valence electrons. The Morgan fingerprint density at radius 1 is 1.17 bits per heavy atom. The highest BCUT2D eigenvalue weighted by atomic mass is 32.2. The average molecular weight is 345 g/mol. The highest BCUT2D eigenvalue weighted by Crippen LogP contribution is 2.36. The van der Waals surface area contributed by atoms with Gasteiger partial charge in [0.1, 0.15) is 6.04 Å². The van der Waals surface area contributed by atoms with Crippen LogP contribution in [0.3, 0.4) is 0 Å². The van der Waals surface area contributed by atoms with E-state index < -0.39 is 16.3 Å². The highest BCUT2D eigenvalue weighted by molar-refractivity contribution is 7.86. The second-order valence-corrected chi connectivity index (χ2v) is 8.75. The van der Waals surface area contributed by atoms with Gasteiger partial charge in [0.05, 0.1) is 13.2 Å². The Bertz CT molecular complexity index is 543. The molecule has 0 aromatic rings. The van der Waals surface area contributed by atoms with Crippen molar-refractivity contribution in [3.63, 3.8) is 0 Å². The van der Waals surface area contributed by atoms with Crippen LogP contribution in [0.2, 0.25) is 0 Å². The molecule has 1 aliphatic carbocycles. The van der Waals surface area contributed by atoms with Crippen molar-refractivity contribution in [2.45, 2.75) is 44.7 Å². The first-order valence-corrected chi connectivity index (χ1v) is 9.94. The summed E-state index contributed by atoms with van der Waals surface area (Å²) in [6.45, 7) is 4.57. The molecular weight excluding hydrogens is 318 g/mol. The molecule has 2 aliphatic heterocycles. The summed E-state index contributed by atoms with van der Waals surface area (Å²) in [5, 5.41) is 0. The molecule has 3 aliphatic rings. The third-order valence-corrected chi connectivity index (χ3v) is 7.44. The molecule has 0 aromatic carbocycles. The molecule has 2 saturated heterocycles. The van der Waals surface area contributed by atoms with E-state index in [9.17, 15) is 13.2 Å². The Balaban J connectivity index is 1.73. The number of nitrogens with zero attached hydrogens (tertiary/aromatic N) is 3. The minimum atomic E-state index is -3.59. The second kappa shape index (κ2) is 6.66. The number of rotatable bonds is 5. The number of hydrogen-bond acceptors (Lipinski definition) is 4. The highest BCUT2D eigenvalue weighted by Gasteiger charge is 2.45. The van der Waals surface area contributed by atoms with Crippen molar-refractivity contribution < 1.29 is 17.9 Å². The van der Waals surface area contributed by atoms with Crippen LogP contribution in [0.25, 0.3) is 0 Å². The molecule has 3 rings (SSSR count). The summed E-state index contributed by atoms with van der Waals surface area (Å²) in [5.74, 6) is 0.396. The summed E-state index contributed by atoms with van der Waals surface area (Å²) in [7, 11) is -1.94. The molecule has 0 aromatic heterocycles. The summed E-state index contributed by atoms with van der Waals surface area (Å²) >= 11 is 0. The van der Waals surface area contributed by atoms with Crippen molar-refractivity contribution in [1.82, 2.24) is 13.5 Å². The molecule has 0 spiro atoms. The largest absolute Gasteiger partial charge is 0.378 e. The Labute approximate surface area is 138 Å². The SMILES string of the molecule is C[C@@H](C1CC1)N(C)S(=O)(=O)N1CCC[C@@H]1C(=O)N1CCOCC1. The smallest absolute Gasteiger partial charge is 0.282 e. The van der Waals surface area contributed by atoms with E-state index in [1.807, 2.05) is 6.92 Å². The van der Waals surface area contributed by atoms with Crippen LogP contribution >= 0.6 is 0 Å². The van der Waals surface area contributed by atoms with Crippen LogP contribution in [0.5, 0.6) is 0 Å². The summed E-state index contributed by atoms with van der Waals surface area (Å²) in [6.07, 6.45) is 3.54. The lowest BCUT2D eigenvalue weighted by Crippen LogP contribution is -2.54. The number of carbonyl (C=O) groups is 1. The molecule has 8 heteroatoms. The van der Waals surface area contributed by atoms with Gasteiger partial charge in [0, 0.05) is 32.7 Å². The summed E-state index contributed by atoms with van der Waals surface area (Å²) in [4.78, 5) is 14.5. The van der Waals surface area contributed by atoms with E-state index in [4.69, 9.17) is 4.74 Å². The van der Waals surface area contributed by atoms with Gasteiger partial charge in [-0.05, 0) is 38.5 Å². The molecule has 2 atom stereocenters. The van der Waals surface area contributed by atoms with Crippen molar-refractivity contribution in [2.24, 2.45) is 5.92 Å². The van der Waals surface area contributed by atoms with Crippen molar-refractivity contribution in [2.75, 3.05) is 39.9 Å². The lowest BCUT2D eigenvalue weighted by molar-refractivity contribution is -0.138. The Morgan fingerprint density at radius 2 is 1.83 bits per heavy atom. The Morgan fingerprint density at radius 3 is 2.43 bits per heavy atom. The van der Waals surface area contributed by atoms with Crippen molar-refractivity contribution >= 4 is 16.1 Å². The maximum atomic E-state index is 13.0. The summed E-state index contributed by atoms with van der Waals surface area (Å²) < 4.78 is 34.1. The van der Waals surface area contributed by atoms with Gasteiger partial charge in [0.15, 0.2) is 0 Å². The van der Waals surface area contributed by atoms with Crippen LogP contribution < -0.4 is 0 Å². The van der Waals surface area contributed by atoms with Crippen LogP contribution in [-0.4, -0.2) is 79.8 Å². The Hall–Kier alpha value is -0.700. The minimum Gasteiger partial charge on any atom is -0.378 e. The molecule has 1 saturated carbocycles. The summed E-state index contributed by atoms with van der Waals surface area (Å²) in [5.41, 5.74) is 0. The molecule has 23 heavy (non-hydrogen) atoms. The number of morpholine rings is 1. The zero-order chi connectivity index (χ0) is 16.6. The van der Waals surface area contributed by atoms with Crippen LogP contribution in [0.15, 0.2) is 0 Å². The predicted octanol–water partition coefficient (Wildman–Crippen LogP) is 0.285. The normalized spacial score (nSPS) is 28.3. The van der Waals surface area contributed by atoms with Gasteiger partial charge in [-0.3, -0.25) is 4.79 Å². The minimum absolute atomic E-state index is 0.000242. The quantitative estimate of drug-likeness (QED) is 0.718. The van der Waals surface area contributed by atoms with Gasteiger partial charge in [-0.1, -0.05) is 0 Å². The monoisotopic (exact) mass is 345 g/mol. The molecule has 0 N–H and O–H groups in total. The Kier molecular flexibility index (Phi) is 4.96. The molecule has 7 nitrogen and oxygen atoms in total. The van der Waals surface area contributed by atoms with Gasteiger partial charge in [-0.2, -0.15) is 17.0 Å². The first-order valence-electron chi connectivity index (χ1n) is 8.54. The molecule has 2 heterocycles. The number of carbonyl (C=O) groups excluding carboxylic acids is 1. The number of hydrogen-bond donors (Lipinski definition) is 0. The van der Waals surface area contributed by atoms with Gasteiger partial charge in [-0.15, -0.1) is 0 Å². The molecule has 0 radical (unpaired) electrons. The van der Waals surface area contributed by atoms with Crippen LogP contribution in [0.4, 0.5) is 0 Å². The first-order chi connectivity index (χ1) is 10.9. The molecule has 3 fully saturated rings. The lowest BCUT2D eigenvalue weighted by Gasteiger charge is -2.35. The third kappa shape index (κ3) is 3.40. The molecule has 1 amide bonds. The molecule has 0 unspecified atom stereocenters. The average Bonchev–Trinajstić information content (AvgIpc) is 3.29. The molecular formula is C15H27N3O4S. The van der Waals surface area contributed by atoms with E-state index in [0.29, 0.717) is 45.2 Å². The zero-order valence-corrected chi connectivity index (χ0v) is 14.8. The fourth-order valence-electron chi connectivity index (χ4n) is 3.51. The first kappa shape index (κ1) is 17.1. The fourth-order valence-corrected chi connectivity index (χ4v) is 5.31. The topological polar surface area (TPSA) is 70.2 Å². The van der Waals surface area contributed by atoms with Crippen molar-refractivity contribution in [1.29, 1.82) is 0 Å². The van der Waals surface area contributed by atoms with E-state index in [-0.39, 0.29) is 11.9 Å². The maximum Gasteiger partial charge on any atom is 0.282 e. The summed E-state index contributed by atoms with van der Waals surface area (Å²) in [6, 6.07) is -0.549. The van der Waals surface area contributed by atoms with Crippen molar-refractivity contribution in [3.8, 4) is 0 Å². The van der Waals surface area contributed by atoms with Crippen molar-refractivity contribution in [3.05, 3.63) is 0 Å². The van der Waals surface area contributed by atoms with Gasteiger partial charge < -0.3 is 9.64 Å². The van der Waals surface area contributed by atoms with Gasteiger partial charge in [-0.25, -0.2) is 0 Å². The standard InChI is InChI=1S/C15H27N3O4S/c1-12(13-5-6-13)16(2)23(20,21)18-7-3-4-14(18)15(19)17-8-10-22-11-9-17/h12-14H,3-11H2,1-2H3/t12-,14+/m0/s1. The molecule has 0 bridgehead atoms. The van der Waals surface area contributed by atoms with Gasteiger partial charge in [0.2, 0.25) is 5.91 Å². The second-order valence-electron chi connectivity index (χ2n) is 6.81. The lowest BCUT2D eigenvalue weighted by atomic mass is 10.2. The van der Waals surface area contributed by atoms with E-state index in [1.165, 1.54) is 8.61 Å².